The van der Waals surface area contributed by atoms with E-state index in [2.05, 4.69) is 15.6 Å². The Morgan fingerprint density at radius 3 is 2.14 bits per heavy atom. The van der Waals surface area contributed by atoms with E-state index in [1.165, 1.54) is 32.7 Å². The largest absolute Gasteiger partial charge is 0.497 e. The molecule has 0 aliphatic rings. The first-order chi connectivity index (χ1) is 13.6. The van der Waals surface area contributed by atoms with Crippen LogP contribution in [0.1, 0.15) is 20.7 Å². The third-order valence-electron chi connectivity index (χ3n) is 3.95. The highest BCUT2D eigenvalue weighted by Crippen LogP contribution is 2.29. The molecule has 0 unspecified atom stereocenters. The van der Waals surface area contributed by atoms with Crippen LogP contribution in [0.4, 0.5) is 11.4 Å². The molecule has 0 saturated carbocycles. The summed E-state index contributed by atoms with van der Waals surface area (Å²) in [5.74, 6) is 0.283. The Morgan fingerprint density at radius 1 is 0.821 bits per heavy atom. The number of hydrogen-bond acceptors (Lipinski definition) is 5. The minimum Gasteiger partial charge on any atom is -0.497 e. The van der Waals surface area contributed by atoms with Crippen molar-refractivity contribution in [2.24, 2.45) is 0 Å². The van der Waals surface area contributed by atoms with Gasteiger partial charge in [0.25, 0.3) is 11.8 Å². The van der Waals surface area contributed by atoms with E-state index < -0.39 is 5.91 Å². The van der Waals surface area contributed by atoms with Crippen molar-refractivity contribution in [1.29, 1.82) is 0 Å². The number of methoxy groups -OCH3 is 2. The van der Waals surface area contributed by atoms with E-state index in [1.54, 1.807) is 30.3 Å². The molecular weight excluding hydrogens is 358 g/mol. The Bertz CT molecular complexity index is 990. The topological polar surface area (TPSA) is 89.6 Å². The third kappa shape index (κ3) is 4.45. The van der Waals surface area contributed by atoms with E-state index in [0.717, 1.165) is 0 Å². The second kappa shape index (κ2) is 8.68. The predicted molar refractivity (Wildman–Crippen MR) is 106 cm³/mol. The van der Waals surface area contributed by atoms with Gasteiger partial charge in [0.15, 0.2) is 0 Å². The third-order valence-corrected chi connectivity index (χ3v) is 3.95. The van der Waals surface area contributed by atoms with E-state index in [9.17, 15) is 9.59 Å². The van der Waals surface area contributed by atoms with Crippen LogP contribution in [0.3, 0.4) is 0 Å². The van der Waals surface area contributed by atoms with Crippen molar-refractivity contribution in [2.75, 3.05) is 24.9 Å². The molecule has 0 aliphatic heterocycles. The van der Waals surface area contributed by atoms with E-state index in [-0.39, 0.29) is 17.0 Å². The lowest BCUT2D eigenvalue weighted by molar-refractivity contribution is 0.102. The molecule has 28 heavy (non-hydrogen) atoms. The number of nitrogens with zero attached hydrogens (tertiary/aromatic N) is 1. The molecule has 2 amide bonds. The molecule has 7 heteroatoms. The first kappa shape index (κ1) is 18.9. The lowest BCUT2D eigenvalue weighted by Gasteiger charge is -2.12. The maximum absolute atomic E-state index is 12.6. The fourth-order valence-electron chi connectivity index (χ4n) is 2.52. The van der Waals surface area contributed by atoms with Crippen molar-refractivity contribution in [3.8, 4) is 11.5 Å². The molecular formula is C21H19N3O4. The second-order valence-corrected chi connectivity index (χ2v) is 5.80. The number of para-hydroxylation sites is 1. The highest BCUT2D eigenvalue weighted by Gasteiger charge is 2.14. The van der Waals surface area contributed by atoms with Crippen molar-refractivity contribution in [3.05, 3.63) is 78.1 Å². The molecule has 2 N–H and O–H groups in total. The van der Waals surface area contributed by atoms with E-state index in [1.807, 2.05) is 18.2 Å². The van der Waals surface area contributed by atoms with Gasteiger partial charge in [0.2, 0.25) is 0 Å². The monoisotopic (exact) mass is 377 g/mol. The van der Waals surface area contributed by atoms with Gasteiger partial charge in [0.05, 0.1) is 31.0 Å². The van der Waals surface area contributed by atoms with Crippen molar-refractivity contribution in [3.63, 3.8) is 0 Å². The first-order valence-electron chi connectivity index (χ1n) is 8.45. The van der Waals surface area contributed by atoms with Gasteiger partial charge in [-0.2, -0.15) is 0 Å². The number of amides is 2. The number of nitrogens with one attached hydrogen (secondary N) is 2. The maximum Gasteiger partial charge on any atom is 0.257 e. The van der Waals surface area contributed by atoms with Gasteiger partial charge in [-0.25, -0.2) is 0 Å². The molecule has 0 radical (unpaired) electrons. The molecule has 2 aromatic carbocycles. The molecule has 0 saturated heterocycles. The zero-order valence-electron chi connectivity index (χ0n) is 15.4. The number of hydrogen-bond donors (Lipinski definition) is 2. The van der Waals surface area contributed by atoms with E-state index in [4.69, 9.17) is 9.47 Å². The summed E-state index contributed by atoms with van der Waals surface area (Å²) in [6, 6.07) is 15.6. The fourth-order valence-corrected chi connectivity index (χ4v) is 2.52. The maximum atomic E-state index is 12.6. The first-order valence-corrected chi connectivity index (χ1v) is 8.45. The van der Waals surface area contributed by atoms with Gasteiger partial charge >= 0.3 is 0 Å². The Labute approximate surface area is 162 Å². The molecule has 3 rings (SSSR count). The van der Waals surface area contributed by atoms with E-state index in [0.29, 0.717) is 22.9 Å². The number of benzene rings is 2. The zero-order valence-corrected chi connectivity index (χ0v) is 15.4. The van der Waals surface area contributed by atoms with Crippen LogP contribution < -0.4 is 20.1 Å². The van der Waals surface area contributed by atoms with Crippen LogP contribution in [-0.2, 0) is 0 Å². The van der Waals surface area contributed by atoms with Gasteiger partial charge in [-0.05, 0) is 30.3 Å². The lowest BCUT2D eigenvalue weighted by atomic mass is 10.1. The summed E-state index contributed by atoms with van der Waals surface area (Å²) >= 11 is 0. The van der Waals surface area contributed by atoms with Gasteiger partial charge in [-0.1, -0.05) is 18.2 Å². The highest BCUT2D eigenvalue weighted by molar-refractivity contribution is 6.08. The summed E-state index contributed by atoms with van der Waals surface area (Å²) in [5, 5.41) is 5.51. The van der Waals surface area contributed by atoms with Crippen LogP contribution in [0.2, 0.25) is 0 Å². The minimum atomic E-state index is -0.423. The Kier molecular flexibility index (Phi) is 5.86. The number of ether oxygens (including phenoxy) is 2. The second-order valence-electron chi connectivity index (χ2n) is 5.80. The minimum absolute atomic E-state index is 0.241. The Hall–Kier alpha value is -3.87. The number of pyridine rings is 1. The molecule has 3 aromatic rings. The molecule has 7 nitrogen and oxygen atoms in total. The summed E-state index contributed by atoms with van der Waals surface area (Å²) in [4.78, 5) is 29.1. The molecule has 142 valence electrons. The number of rotatable bonds is 6. The normalized spacial score (nSPS) is 10.1. The Balaban J connectivity index is 1.78. The van der Waals surface area contributed by atoms with E-state index >= 15 is 0 Å². The quantitative estimate of drug-likeness (QED) is 0.685. The fraction of sp³-hybridized carbons (Fsp3) is 0.0952. The average Bonchev–Trinajstić information content (AvgIpc) is 2.74. The highest BCUT2D eigenvalue weighted by atomic mass is 16.5. The molecule has 0 bridgehead atoms. The molecule has 0 aliphatic carbocycles. The van der Waals surface area contributed by atoms with Crippen molar-refractivity contribution >= 4 is 23.2 Å². The molecule has 0 fully saturated rings. The smallest absolute Gasteiger partial charge is 0.257 e. The van der Waals surface area contributed by atoms with Crippen molar-refractivity contribution in [2.45, 2.75) is 0 Å². The summed E-state index contributed by atoms with van der Waals surface area (Å²) in [5.41, 5.74) is 1.62. The van der Waals surface area contributed by atoms with Crippen LogP contribution in [0.15, 0.2) is 67.0 Å². The molecule has 0 spiro atoms. The van der Waals surface area contributed by atoms with Crippen molar-refractivity contribution in [1.82, 2.24) is 4.98 Å². The summed E-state index contributed by atoms with van der Waals surface area (Å²) in [6.07, 6.45) is 2.79. The van der Waals surface area contributed by atoms with Gasteiger partial charge in [-0.15, -0.1) is 0 Å². The van der Waals surface area contributed by atoms with Crippen LogP contribution in [0.25, 0.3) is 0 Å². The number of carbonyl (C=O) groups is 2. The summed E-state index contributed by atoms with van der Waals surface area (Å²) in [7, 11) is 3.04. The van der Waals surface area contributed by atoms with Crippen LogP contribution in [-0.4, -0.2) is 31.0 Å². The molecule has 0 atom stereocenters. The number of carbonyl (C=O) groups excluding carboxylic acids is 2. The van der Waals surface area contributed by atoms with Gasteiger partial charge in [-0.3, -0.25) is 14.6 Å². The van der Waals surface area contributed by atoms with Gasteiger partial charge in [0, 0.05) is 24.1 Å². The average molecular weight is 377 g/mol. The van der Waals surface area contributed by atoms with Gasteiger partial charge < -0.3 is 20.1 Å². The van der Waals surface area contributed by atoms with Crippen LogP contribution in [0, 0.1) is 0 Å². The van der Waals surface area contributed by atoms with Crippen LogP contribution in [0.5, 0.6) is 11.5 Å². The van der Waals surface area contributed by atoms with Gasteiger partial charge in [0.1, 0.15) is 11.5 Å². The number of anilines is 2. The van der Waals surface area contributed by atoms with Crippen molar-refractivity contribution < 1.29 is 19.1 Å². The summed E-state index contributed by atoms with van der Waals surface area (Å²) in [6.45, 7) is 0. The molecule has 1 heterocycles. The van der Waals surface area contributed by atoms with Crippen LogP contribution >= 0.6 is 0 Å². The summed E-state index contributed by atoms with van der Waals surface area (Å²) < 4.78 is 10.4. The predicted octanol–water partition coefficient (Wildman–Crippen LogP) is 3.60. The standard InChI is InChI=1S/C21H19N3O4/c1-27-17-8-9-19(28-2)18(11-17)24-21(26)15-10-14(12-22-13-15)20(25)23-16-6-4-3-5-7-16/h3-13H,1-2H3,(H,23,25)(H,24,26). The number of aromatic nitrogens is 1. The lowest BCUT2D eigenvalue weighted by Crippen LogP contribution is -2.16. The Morgan fingerprint density at radius 2 is 1.50 bits per heavy atom. The molecule has 1 aromatic heterocycles. The zero-order chi connectivity index (χ0) is 19.9. The SMILES string of the molecule is COc1ccc(OC)c(NC(=O)c2cncc(C(=O)Nc3ccccc3)c2)c1.